The van der Waals surface area contributed by atoms with E-state index in [0.29, 0.717) is 12.6 Å². The Kier molecular flexibility index (Phi) is 4.88. The summed E-state index contributed by atoms with van der Waals surface area (Å²) in [6.07, 6.45) is 3.49. The maximum absolute atomic E-state index is 12.0. The van der Waals surface area contributed by atoms with E-state index in [0.717, 1.165) is 38.5 Å². The van der Waals surface area contributed by atoms with Crippen molar-refractivity contribution in [3.8, 4) is 0 Å². The summed E-state index contributed by atoms with van der Waals surface area (Å²) in [5.74, 6) is 0.903. The van der Waals surface area contributed by atoms with E-state index < -0.39 is 0 Å². The number of benzene rings is 1. The molecule has 1 amide bonds. The van der Waals surface area contributed by atoms with Gasteiger partial charge in [-0.1, -0.05) is 30.3 Å². The number of fused-ring (bicyclic) bond motifs is 1. The molecule has 4 heteroatoms. The van der Waals surface area contributed by atoms with Crippen molar-refractivity contribution in [2.45, 2.75) is 25.3 Å². The molecule has 4 nitrogen and oxygen atoms in total. The summed E-state index contributed by atoms with van der Waals surface area (Å²) >= 11 is 0. The van der Waals surface area contributed by atoms with Crippen LogP contribution in [-0.2, 0) is 11.2 Å². The summed E-state index contributed by atoms with van der Waals surface area (Å²) < 4.78 is 0. The first-order valence-corrected chi connectivity index (χ1v) is 8.07. The molecule has 2 saturated heterocycles. The van der Waals surface area contributed by atoms with E-state index in [9.17, 15) is 4.79 Å². The molecule has 0 saturated carbocycles. The molecule has 2 unspecified atom stereocenters. The Morgan fingerprint density at radius 2 is 2.14 bits per heavy atom. The normalized spacial score (nSPS) is 25.5. The van der Waals surface area contributed by atoms with Gasteiger partial charge in [-0.3, -0.25) is 9.69 Å². The van der Waals surface area contributed by atoms with Crippen LogP contribution in [0.3, 0.4) is 0 Å². The summed E-state index contributed by atoms with van der Waals surface area (Å²) in [6.45, 7) is 4.50. The van der Waals surface area contributed by atoms with Gasteiger partial charge >= 0.3 is 0 Å². The molecule has 0 aromatic heterocycles. The highest BCUT2D eigenvalue weighted by Gasteiger charge is 2.34. The quantitative estimate of drug-likeness (QED) is 0.850. The fourth-order valence-electron chi connectivity index (χ4n) is 3.52. The van der Waals surface area contributed by atoms with Crippen molar-refractivity contribution >= 4 is 5.91 Å². The fraction of sp³-hybridized carbons (Fsp3) is 0.588. The highest BCUT2D eigenvalue weighted by atomic mass is 16.2. The molecule has 2 aliphatic heterocycles. The Balaban J connectivity index is 1.37. The number of hydrogen-bond acceptors (Lipinski definition) is 3. The number of nitrogens with zero attached hydrogens (tertiary/aromatic N) is 1. The molecule has 0 radical (unpaired) electrons. The minimum Gasteiger partial charge on any atom is -0.355 e. The number of amides is 1. The molecule has 2 N–H and O–H groups in total. The first-order valence-electron chi connectivity index (χ1n) is 8.07. The van der Waals surface area contributed by atoms with Crippen molar-refractivity contribution in [2.75, 3.05) is 32.7 Å². The average Bonchev–Trinajstić information content (AvgIpc) is 2.90. The number of carbonyl (C=O) groups is 1. The molecule has 0 spiro atoms. The van der Waals surface area contributed by atoms with Gasteiger partial charge in [0.15, 0.2) is 0 Å². The smallest absolute Gasteiger partial charge is 0.234 e. The lowest BCUT2D eigenvalue weighted by Crippen LogP contribution is -2.41. The molecule has 2 fully saturated rings. The molecule has 1 aromatic rings. The van der Waals surface area contributed by atoms with Crippen molar-refractivity contribution in [1.82, 2.24) is 15.5 Å². The highest BCUT2D eigenvalue weighted by molar-refractivity contribution is 5.78. The number of nitrogens with one attached hydrogen (secondary N) is 2. The Labute approximate surface area is 126 Å². The van der Waals surface area contributed by atoms with Crippen molar-refractivity contribution in [2.24, 2.45) is 5.92 Å². The lowest BCUT2D eigenvalue weighted by molar-refractivity contribution is -0.122. The Morgan fingerprint density at radius 3 is 2.95 bits per heavy atom. The molecule has 1 aromatic carbocycles. The number of piperidine rings is 1. The van der Waals surface area contributed by atoms with Gasteiger partial charge in [-0.05, 0) is 37.3 Å². The van der Waals surface area contributed by atoms with E-state index in [1.54, 1.807) is 0 Å². The monoisotopic (exact) mass is 287 g/mol. The van der Waals surface area contributed by atoms with Crippen LogP contribution in [0.15, 0.2) is 30.3 Å². The van der Waals surface area contributed by atoms with Crippen LogP contribution in [0.1, 0.15) is 18.4 Å². The standard InChI is InChI=1S/C17H25N3O/c21-17(19-10-8-14-5-2-1-3-6-14)13-20-11-15-7-4-9-18-16(15)12-20/h1-3,5-6,15-16,18H,4,7-13H2,(H,19,21). The third-order valence-electron chi connectivity index (χ3n) is 4.62. The lowest BCUT2D eigenvalue weighted by Gasteiger charge is -2.24. The van der Waals surface area contributed by atoms with Crippen LogP contribution in [0.25, 0.3) is 0 Å². The van der Waals surface area contributed by atoms with E-state index in [1.165, 1.54) is 18.4 Å². The zero-order valence-corrected chi connectivity index (χ0v) is 12.6. The van der Waals surface area contributed by atoms with Crippen LogP contribution in [0.2, 0.25) is 0 Å². The predicted molar refractivity (Wildman–Crippen MR) is 84.1 cm³/mol. The van der Waals surface area contributed by atoms with E-state index in [-0.39, 0.29) is 5.91 Å². The van der Waals surface area contributed by atoms with Crippen LogP contribution >= 0.6 is 0 Å². The van der Waals surface area contributed by atoms with Gasteiger partial charge in [0.25, 0.3) is 0 Å². The van der Waals surface area contributed by atoms with Gasteiger partial charge in [0.1, 0.15) is 0 Å². The van der Waals surface area contributed by atoms with Crippen molar-refractivity contribution in [3.63, 3.8) is 0 Å². The average molecular weight is 287 g/mol. The van der Waals surface area contributed by atoms with E-state index in [2.05, 4.69) is 27.7 Å². The van der Waals surface area contributed by atoms with E-state index >= 15 is 0 Å². The highest BCUT2D eigenvalue weighted by Crippen LogP contribution is 2.24. The second-order valence-corrected chi connectivity index (χ2v) is 6.24. The molecule has 3 rings (SSSR count). The first kappa shape index (κ1) is 14.5. The molecule has 2 heterocycles. The third kappa shape index (κ3) is 4.05. The second-order valence-electron chi connectivity index (χ2n) is 6.24. The van der Waals surface area contributed by atoms with Crippen molar-refractivity contribution in [3.05, 3.63) is 35.9 Å². The molecular weight excluding hydrogens is 262 g/mol. The molecule has 0 aliphatic carbocycles. The number of carbonyl (C=O) groups excluding carboxylic acids is 1. The van der Waals surface area contributed by atoms with Gasteiger partial charge < -0.3 is 10.6 Å². The summed E-state index contributed by atoms with van der Waals surface area (Å²) in [5.41, 5.74) is 1.27. The number of rotatable bonds is 5. The Bertz CT molecular complexity index is 448. The second kappa shape index (κ2) is 7.05. The first-order chi connectivity index (χ1) is 10.3. The maximum Gasteiger partial charge on any atom is 0.234 e. The Morgan fingerprint density at radius 1 is 1.29 bits per heavy atom. The largest absolute Gasteiger partial charge is 0.355 e. The fourth-order valence-corrected chi connectivity index (χ4v) is 3.52. The van der Waals surface area contributed by atoms with Gasteiger partial charge in [-0.15, -0.1) is 0 Å². The minimum atomic E-state index is 0.157. The molecular formula is C17H25N3O. The van der Waals surface area contributed by atoms with Gasteiger partial charge in [0.2, 0.25) is 5.91 Å². The summed E-state index contributed by atoms with van der Waals surface area (Å²) in [5, 5.41) is 6.61. The zero-order chi connectivity index (χ0) is 14.5. The van der Waals surface area contributed by atoms with Crippen LogP contribution in [0.4, 0.5) is 0 Å². The van der Waals surface area contributed by atoms with E-state index in [4.69, 9.17) is 0 Å². The summed E-state index contributed by atoms with van der Waals surface area (Å²) in [7, 11) is 0. The van der Waals surface area contributed by atoms with Crippen LogP contribution in [0, 0.1) is 5.92 Å². The summed E-state index contributed by atoms with van der Waals surface area (Å²) in [6, 6.07) is 10.9. The maximum atomic E-state index is 12.0. The lowest BCUT2D eigenvalue weighted by atomic mass is 9.94. The Hall–Kier alpha value is -1.39. The number of hydrogen-bond donors (Lipinski definition) is 2. The molecule has 2 atom stereocenters. The topological polar surface area (TPSA) is 44.4 Å². The molecule has 21 heavy (non-hydrogen) atoms. The number of likely N-dealkylation sites (tertiary alicyclic amines) is 1. The summed E-state index contributed by atoms with van der Waals surface area (Å²) in [4.78, 5) is 14.3. The van der Waals surface area contributed by atoms with Gasteiger partial charge in [0.05, 0.1) is 6.54 Å². The molecule has 0 bridgehead atoms. The predicted octanol–water partition coefficient (Wildman–Crippen LogP) is 1.03. The van der Waals surface area contributed by atoms with Crippen LogP contribution < -0.4 is 10.6 Å². The zero-order valence-electron chi connectivity index (χ0n) is 12.6. The van der Waals surface area contributed by atoms with Crippen molar-refractivity contribution < 1.29 is 4.79 Å². The van der Waals surface area contributed by atoms with Gasteiger partial charge in [-0.25, -0.2) is 0 Å². The third-order valence-corrected chi connectivity index (χ3v) is 4.62. The van der Waals surface area contributed by atoms with Gasteiger partial charge in [0, 0.05) is 25.7 Å². The minimum absolute atomic E-state index is 0.157. The van der Waals surface area contributed by atoms with Crippen LogP contribution in [0.5, 0.6) is 0 Å². The van der Waals surface area contributed by atoms with Crippen molar-refractivity contribution in [1.29, 1.82) is 0 Å². The molecule has 2 aliphatic rings. The van der Waals surface area contributed by atoms with Gasteiger partial charge in [-0.2, -0.15) is 0 Å². The SMILES string of the molecule is O=C(CN1CC2CCCNC2C1)NCCc1ccccc1. The van der Waals surface area contributed by atoms with Crippen LogP contribution in [-0.4, -0.2) is 49.6 Å². The van der Waals surface area contributed by atoms with E-state index in [1.807, 2.05) is 18.2 Å². The molecule has 114 valence electrons.